The van der Waals surface area contributed by atoms with Gasteiger partial charge in [0.1, 0.15) is 18.0 Å². The second-order valence-electron chi connectivity index (χ2n) is 6.59. The standard InChI is InChI=1S/C19H16F3N5O/c20-13-5-15(22)14(21)4-11(13)12-6-24-7-16(12)27-19-10-3-1-2-9(18(23)28)17(10)25-8-26-19/h1-5,8,12,16,24H,6-7H2,(H2,23,28)(H,25,26,27)/t12-,16+/m1/s1. The molecular formula is C19H16F3N5O. The summed E-state index contributed by atoms with van der Waals surface area (Å²) in [5, 5.41) is 6.91. The van der Waals surface area contributed by atoms with E-state index in [0.29, 0.717) is 35.9 Å². The van der Waals surface area contributed by atoms with Gasteiger partial charge in [0, 0.05) is 36.5 Å². The summed E-state index contributed by atoms with van der Waals surface area (Å²) in [6.07, 6.45) is 1.30. The molecule has 0 aliphatic carbocycles. The van der Waals surface area contributed by atoms with Crippen LogP contribution in [0.3, 0.4) is 0 Å². The number of rotatable bonds is 4. The molecule has 2 atom stereocenters. The number of carbonyl (C=O) groups is 1. The molecular weight excluding hydrogens is 371 g/mol. The number of para-hydroxylation sites is 1. The molecule has 0 spiro atoms. The molecule has 4 rings (SSSR count). The van der Waals surface area contributed by atoms with E-state index in [1.54, 1.807) is 18.2 Å². The molecule has 0 bridgehead atoms. The summed E-state index contributed by atoms with van der Waals surface area (Å²) in [5.74, 6) is -3.74. The van der Waals surface area contributed by atoms with Crippen molar-refractivity contribution in [2.45, 2.75) is 12.0 Å². The number of benzene rings is 2. The molecule has 2 aromatic carbocycles. The van der Waals surface area contributed by atoms with Crippen LogP contribution in [0.1, 0.15) is 21.8 Å². The maximum absolute atomic E-state index is 14.2. The van der Waals surface area contributed by atoms with Gasteiger partial charge in [0.15, 0.2) is 11.6 Å². The van der Waals surface area contributed by atoms with E-state index in [4.69, 9.17) is 5.73 Å². The van der Waals surface area contributed by atoms with Gasteiger partial charge in [-0.15, -0.1) is 0 Å². The first-order chi connectivity index (χ1) is 13.5. The Morgan fingerprint density at radius 1 is 1.11 bits per heavy atom. The molecule has 0 saturated carbocycles. The summed E-state index contributed by atoms with van der Waals surface area (Å²) < 4.78 is 41.2. The van der Waals surface area contributed by atoms with Crippen molar-refractivity contribution < 1.29 is 18.0 Å². The molecule has 1 saturated heterocycles. The Morgan fingerprint density at radius 3 is 2.68 bits per heavy atom. The molecule has 1 aliphatic heterocycles. The van der Waals surface area contributed by atoms with Crippen LogP contribution in [0.2, 0.25) is 0 Å². The monoisotopic (exact) mass is 387 g/mol. The number of nitrogens with zero attached hydrogens (tertiary/aromatic N) is 2. The maximum Gasteiger partial charge on any atom is 0.250 e. The lowest BCUT2D eigenvalue weighted by atomic mass is 9.93. The van der Waals surface area contributed by atoms with Crippen LogP contribution in [0, 0.1) is 17.5 Å². The Morgan fingerprint density at radius 2 is 1.89 bits per heavy atom. The topological polar surface area (TPSA) is 92.9 Å². The predicted octanol–water partition coefficient (Wildman–Crippen LogP) is 2.31. The van der Waals surface area contributed by atoms with Gasteiger partial charge in [0.05, 0.1) is 11.1 Å². The van der Waals surface area contributed by atoms with Crippen LogP contribution in [-0.2, 0) is 0 Å². The van der Waals surface area contributed by atoms with Crippen LogP contribution in [0.25, 0.3) is 10.9 Å². The molecule has 1 amide bonds. The van der Waals surface area contributed by atoms with E-state index in [1.807, 2.05) is 0 Å². The van der Waals surface area contributed by atoms with Gasteiger partial charge in [0.25, 0.3) is 5.91 Å². The molecule has 3 aromatic rings. The van der Waals surface area contributed by atoms with Crippen LogP contribution in [0.4, 0.5) is 19.0 Å². The molecule has 9 heteroatoms. The lowest BCUT2D eigenvalue weighted by molar-refractivity contribution is 0.100. The van der Waals surface area contributed by atoms with Gasteiger partial charge in [-0.3, -0.25) is 4.79 Å². The van der Waals surface area contributed by atoms with Gasteiger partial charge in [-0.05, 0) is 23.8 Å². The van der Waals surface area contributed by atoms with E-state index in [-0.39, 0.29) is 17.2 Å². The number of amides is 1. The maximum atomic E-state index is 14.2. The van der Waals surface area contributed by atoms with Crippen molar-refractivity contribution in [3.8, 4) is 0 Å². The average molecular weight is 387 g/mol. The van der Waals surface area contributed by atoms with Crippen molar-refractivity contribution in [2.24, 2.45) is 5.73 Å². The summed E-state index contributed by atoms with van der Waals surface area (Å²) in [4.78, 5) is 20.0. The van der Waals surface area contributed by atoms with Crippen molar-refractivity contribution in [1.29, 1.82) is 0 Å². The fraction of sp³-hybridized carbons (Fsp3) is 0.211. The van der Waals surface area contributed by atoms with Gasteiger partial charge in [-0.2, -0.15) is 0 Å². The Labute approximate surface area is 158 Å². The molecule has 1 aromatic heterocycles. The van der Waals surface area contributed by atoms with E-state index in [1.165, 1.54) is 6.33 Å². The Balaban J connectivity index is 1.70. The summed E-state index contributed by atoms with van der Waals surface area (Å²) in [6.45, 7) is 0.847. The quantitative estimate of drug-likeness (QED) is 0.598. The van der Waals surface area contributed by atoms with Gasteiger partial charge in [-0.1, -0.05) is 6.07 Å². The lowest BCUT2D eigenvalue weighted by Gasteiger charge is -2.22. The molecule has 0 unspecified atom stereocenters. The number of nitrogens with one attached hydrogen (secondary N) is 2. The third-order valence-corrected chi connectivity index (χ3v) is 4.91. The summed E-state index contributed by atoms with van der Waals surface area (Å²) in [7, 11) is 0. The zero-order valence-electron chi connectivity index (χ0n) is 14.5. The van der Waals surface area contributed by atoms with Crippen LogP contribution in [0.15, 0.2) is 36.7 Å². The second kappa shape index (κ2) is 7.08. The first-order valence-corrected chi connectivity index (χ1v) is 8.61. The number of nitrogens with two attached hydrogens (primary N) is 1. The number of carbonyl (C=O) groups excluding carboxylic acids is 1. The Hall–Kier alpha value is -3.20. The minimum atomic E-state index is -1.22. The molecule has 28 heavy (non-hydrogen) atoms. The molecule has 1 aliphatic rings. The van der Waals surface area contributed by atoms with E-state index < -0.39 is 29.3 Å². The van der Waals surface area contributed by atoms with Crippen molar-refractivity contribution in [1.82, 2.24) is 15.3 Å². The molecule has 2 heterocycles. The van der Waals surface area contributed by atoms with Crippen molar-refractivity contribution in [2.75, 3.05) is 18.4 Å². The van der Waals surface area contributed by atoms with Crippen molar-refractivity contribution >= 4 is 22.6 Å². The Kier molecular flexibility index (Phi) is 4.60. The number of hydrogen-bond acceptors (Lipinski definition) is 5. The molecule has 144 valence electrons. The van der Waals surface area contributed by atoms with E-state index >= 15 is 0 Å². The lowest BCUT2D eigenvalue weighted by Crippen LogP contribution is -2.28. The number of aromatic nitrogens is 2. The predicted molar refractivity (Wildman–Crippen MR) is 97.4 cm³/mol. The summed E-state index contributed by atoms with van der Waals surface area (Å²) in [5.41, 5.74) is 6.14. The van der Waals surface area contributed by atoms with Crippen molar-refractivity contribution in [3.05, 3.63) is 65.2 Å². The average Bonchev–Trinajstić information content (AvgIpc) is 3.12. The third-order valence-electron chi connectivity index (χ3n) is 4.91. The summed E-state index contributed by atoms with van der Waals surface area (Å²) >= 11 is 0. The number of halogens is 3. The Bertz CT molecular complexity index is 1070. The first-order valence-electron chi connectivity index (χ1n) is 8.61. The van der Waals surface area contributed by atoms with Gasteiger partial charge < -0.3 is 16.4 Å². The summed E-state index contributed by atoms with van der Waals surface area (Å²) in [6, 6.07) is 6.07. The smallest absolute Gasteiger partial charge is 0.250 e. The zero-order valence-corrected chi connectivity index (χ0v) is 14.5. The van der Waals surface area contributed by atoms with Gasteiger partial charge in [-0.25, -0.2) is 23.1 Å². The third kappa shape index (κ3) is 3.13. The van der Waals surface area contributed by atoms with Gasteiger partial charge >= 0.3 is 0 Å². The zero-order chi connectivity index (χ0) is 19.8. The second-order valence-corrected chi connectivity index (χ2v) is 6.59. The van der Waals surface area contributed by atoms with Crippen LogP contribution in [0.5, 0.6) is 0 Å². The fourth-order valence-corrected chi connectivity index (χ4v) is 3.56. The van der Waals surface area contributed by atoms with Crippen LogP contribution >= 0.6 is 0 Å². The van der Waals surface area contributed by atoms with Crippen LogP contribution in [-0.4, -0.2) is 35.0 Å². The highest BCUT2D eigenvalue weighted by atomic mass is 19.2. The minimum Gasteiger partial charge on any atom is -0.366 e. The van der Waals surface area contributed by atoms with E-state index in [2.05, 4.69) is 20.6 Å². The molecule has 4 N–H and O–H groups in total. The van der Waals surface area contributed by atoms with E-state index in [0.717, 1.165) is 6.07 Å². The highest BCUT2D eigenvalue weighted by Crippen LogP contribution is 2.30. The number of fused-ring (bicyclic) bond motifs is 1. The largest absolute Gasteiger partial charge is 0.366 e. The van der Waals surface area contributed by atoms with E-state index in [9.17, 15) is 18.0 Å². The fourth-order valence-electron chi connectivity index (χ4n) is 3.56. The first kappa shape index (κ1) is 18.2. The van der Waals surface area contributed by atoms with Crippen LogP contribution < -0.4 is 16.4 Å². The molecule has 1 fully saturated rings. The number of hydrogen-bond donors (Lipinski definition) is 3. The van der Waals surface area contributed by atoms with Gasteiger partial charge in [0.2, 0.25) is 0 Å². The SMILES string of the molecule is NC(=O)c1cccc2c(N[C@H]3CNC[C@@H]3c3cc(F)c(F)cc3F)ncnc12. The highest BCUT2D eigenvalue weighted by Gasteiger charge is 2.32. The normalized spacial score (nSPS) is 19.1. The molecule has 0 radical (unpaired) electrons. The van der Waals surface area contributed by atoms with Crippen molar-refractivity contribution in [3.63, 3.8) is 0 Å². The number of primary amides is 1. The molecule has 6 nitrogen and oxygen atoms in total. The minimum absolute atomic E-state index is 0.0811. The number of anilines is 1. The highest BCUT2D eigenvalue weighted by molar-refractivity contribution is 6.06.